The molecule has 1 heteroatoms. The summed E-state index contributed by atoms with van der Waals surface area (Å²) in [5, 5.41) is 3.78. The van der Waals surface area contributed by atoms with Crippen molar-refractivity contribution in [1.29, 1.82) is 0 Å². The van der Waals surface area contributed by atoms with Crippen molar-refractivity contribution in [1.82, 2.24) is 5.32 Å². The zero-order chi connectivity index (χ0) is 10.9. The van der Waals surface area contributed by atoms with Gasteiger partial charge in [0.05, 0.1) is 0 Å². The van der Waals surface area contributed by atoms with Gasteiger partial charge in [0.15, 0.2) is 0 Å². The van der Waals surface area contributed by atoms with Crippen LogP contribution in [-0.4, -0.2) is 12.6 Å². The summed E-state index contributed by atoms with van der Waals surface area (Å²) in [7, 11) is 0. The van der Waals surface area contributed by atoms with E-state index in [-0.39, 0.29) is 0 Å². The first-order chi connectivity index (χ1) is 7.10. The van der Waals surface area contributed by atoms with Gasteiger partial charge in [-0.15, -0.1) is 0 Å². The normalized spacial score (nSPS) is 36.2. The molecule has 2 rings (SSSR count). The lowest BCUT2D eigenvalue weighted by Crippen LogP contribution is -2.37. The van der Waals surface area contributed by atoms with Crippen LogP contribution in [0.25, 0.3) is 0 Å². The molecule has 0 bridgehead atoms. The lowest BCUT2D eigenvalue weighted by atomic mass is 9.82. The minimum atomic E-state index is 0.639. The van der Waals surface area contributed by atoms with Crippen LogP contribution in [0.1, 0.15) is 59.3 Å². The summed E-state index contributed by atoms with van der Waals surface area (Å²) >= 11 is 0. The predicted octanol–water partition coefficient (Wildman–Crippen LogP) is 3.59. The SMILES string of the molecule is CC1CCCC(CNC(C)C2(C)CC2)C1. The van der Waals surface area contributed by atoms with Gasteiger partial charge in [-0.25, -0.2) is 0 Å². The number of rotatable bonds is 4. The monoisotopic (exact) mass is 209 g/mol. The van der Waals surface area contributed by atoms with E-state index >= 15 is 0 Å². The molecule has 1 nitrogen and oxygen atoms in total. The van der Waals surface area contributed by atoms with Gasteiger partial charge in [0.1, 0.15) is 0 Å². The predicted molar refractivity (Wildman–Crippen MR) is 65.9 cm³/mol. The van der Waals surface area contributed by atoms with Crippen LogP contribution in [0.4, 0.5) is 0 Å². The van der Waals surface area contributed by atoms with E-state index in [1.54, 1.807) is 0 Å². The van der Waals surface area contributed by atoms with Gasteiger partial charge in [-0.2, -0.15) is 0 Å². The molecule has 3 atom stereocenters. The Bertz CT molecular complexity index is 207. The molecule has 0 heterocycles. The lowest BCUT2D eigenvalue weighted by molar-refractivity contribution is 0.255. The maximum atomic E-state index is 3.78. The smallest absolute Gasteiger partial charge is 0.00926 e. The Morgan fingerprint density at radius 3 is 2.67 bits per heavy atom. The highest BCUT2D eigenvalue weighted by atomic mass is 14.9. The Morgan fingerprint density at radius 2 is 2.07 bits per heavy atom. The second-order valence-corrected chi connectivity index (χ2v) is 6.42. The average molecular weight is 209 g/mol. The third kappa shape index (κ3) is 2.96. The van der Waals surface area contributed by atoms with Crippen molar-refractivity contribution in [3.63, 3.8) is 0 Å². The van der Waals surface area contributed by atoms with Gasteiger partial charge in [0.2, 0.25) is 0 Å². The molecule has 0 saturated heterocycles. The average Bonchev–Trinajstić information content (AvgIpc) is 2.94. The molecule has 1 N–H and O–H groups in total. The molecule has 0 spiro atoms. The van der Waals surface area contributed by atoms with Crippen molar-refractivity contribution in [2.75, 3.05) is 6.54 Å². The van der Waals surface area contributed by atoms with Crippen LogP contribution in [0, 0.1) is 17.3 Å². The van der Waals surface area contributed by atoms with Gasteiger partial charge in [-0.05, 0) is 56.4 Å². The minimum Gasteiger partial charge on any atom is -0.313 e. The van der Waals surface area contributed by atoms with Gasteiger partial charge in [-0.1, -0.05) is 26.7 Å². The van der Waals surface area contributed by atoms with Gasteiger partial charge in [0.25, 0.3) is 0 Å². The Kier molecular flexibility index (Phi) is 3.39. The van der Waals surface area contributed by atoms with Crippen molar-refractivity contribution in [2.24, 2.45) is 17.3 Å². The molecular weight excluding hydrogens is 182 g/mol. The fraction of sp³-hybridized carbons (Fsp3) is 1.00. The molecule has 0 amide bonds. The van der Waals surface area contributed by atoms with Crippen LogP contribution in [0.5, 0.6) is 0 Å². The Balaban J connectivity index is 1.68. The van der Waals surface area contributed by atoms with Crippen LogP contribution in [0.2, 0.25) is 0 Å². The molecule has 0 aromatic rings. The molecule has 0 radical (unpaired) electrons. The van der Waals surface area contributed by atoms with Crippen molar-refractivity contribution < 1.29 is 0 Å². The Morgan fingerprint density at radius 1 is 1.33 bits per heavy atom. The molecule has 0 aliphatic heterocycles. The maximum absolute atomic E-state index is 3.78. The molecule has 0 aromatic carbocycles. The van der Waals surface area contributed by atoms with Crippen LogP contribution in [-0.2, 0) is 0 Å². The molecule has 0 aromatic heterocycles. The fourth-order valence-corrected chi connectivity index (χ4v) is 2.97. The zero-order valence-corrected chi connectivity index (χ0v) is 10.7. The van der Waals surface area contributed by atoms with E-state index in [1.807, 2.05) is 0 Å². The van der Waals surface area contributed by atoms with Crippen LogP contribution in [0.15, 0.2) is 0 Å². The van der Waals surface area contributed by atoms with Gasteiger partial charge in [0, 0.05) is 6.04 Å². The first-order valence-corrected chi connectivity index (χ1v) is 6.83. The highest BCUT2D eigenvalue weighted by Crippen LogP contribution is 2.48. The summed E-state index contributed by atoms with van der Waals surface area (Å²) in [4.78, 5) is 0. The topological polar surface area (TPSA) is 12.0 Å². The van der Waals surface area contributed by atoms with Gasteiger partial charge in [-0.3, -0.25) is 0 Å². The van der Waals surface area contributed by atoms with Crippen LogP contribution < -0.4 is 5.32 Å². The van der Waals surface area contributed by atoms with E-state index in [2.05, 4.69) is 26.1 Å². The summed E-state index contributed by atoms with van der Waals surface area (Å²) in [5.41, 5.74) is 0.639. The van der Waals surface area contributed by atoms with Crippen molar-refractivity contribution in [3.8, 4) is 0 Å². The van der Waals surface area contributed by atoms with E-state index in [1.165, 1.54) is 45.1 Å². The van der Waals surface area contributed by atoms with Gasteiger partial charge >= 0.3 is 0 Å². The largest absolute Gasteiger partial charge is 0.313 e. The van der Waals surface area contributed by atoms with Gasteiger partial charge < -0.3 is 5.32 Å². The number of hydrogen-bond acceptors (Lipinski definition) is 1. The van der Waals surface area contributed by atoms with E-state index in [0.29, 0.717) is 5.41 Å². The molecular formula is C14H27N. The van der Waals surface area contributed by atoms with E-state index in [0.717, 1.165) is 17.9 Å². The second kappa shape index (κ2) is 4.45. The second-order valence-electron chi connectivity index (χ2n) is 6.42. The molecule has 3 unspecified atom stereocenters. The zero-order valence-electron chi connectivity index (χ0n) is 10.7. The lowest BCUT2D eigenvalue weighted by Gasteiger charge is -2.29. The number of nitrogens with one attached hydrogen (secondary N) is 1. The summed E-state index contributed by atoms with van der Waals surface area (Å²) in [6, 6.07) is 0.731. The molecule has 2 fully saturated rings. The summed E-state index contributed by atoms with van der Waals surface area (Å²) in [5.74, 6) is 1.93. The fourth-order valence-electron chi connectivity index (χ4n) is 2.97. The highest BCUT2D eigenvalue weighted by Gasteiger charge is 2.42. The summed E-state index contributed by atoms with van der Waals surface area (Å²) < 4.78 is 0. The summed E-state index contributed by atoms with van der Waals surface area (Å²) in [6.45, 7) is 8.48. The Labute approximate surface area is 95.0 Å². The third-order valence-electron chi connectivity index (χ3n) is 4.84. The molecule has 2 aliphatic rings. The van der Waals surface area contributed by atoms with Crippen molar-refractivity contribution in [3.05, 3.63) is 0 Å². The quantitative estimate of drug-likeness (QED) is 0.746. The highest BCUT2D eigenvalue weighted by molar-refractivity contribution is 4.96. The third-order valence-corrected chi connectivity index (χ3v) is 4.84. The summed E-state index contributed by atoms with van der Waals surface area (Å²) in [6.07, 6.45) is 8.70. The molecule has 15 heavy (non-hydrogen) atoms. The molecule has 2 saturated carbocycles. The number of hydrogen-bond donors (Lipinski definition) is 1. The van der Waals surface area contributed by atoms with E-state index in [4.69, 9.17) is 0 Å². The first kappa shape index (κ1) is 11.4. The van der Waals surface area contributed by atoms with Crippen molar-refractivity contribution >= 4 is 0 Å². The van der Waals surface area contributed by atoms with Crippen LogP contribution in [0.3, 0.4) is 0 Å². The molecule has 88 valence electrons. The standard InChI is InChI=1S/C14H27N/c1-11-5-4-6-13(9-11)10-15-12(2)14(3)7-8-14/h11-13,15H,4-10H2,1-3H3. The van der Waals surface area contributed by atoms with E-state index in [9.17, 15) is 0 Å². The molecule has 2 aliphatic carbocycles. The van der Waals surface area contributed by atoms with Crippen molar-refractivity contribution in [2.45, 2.75) is 65.3 Å². The maximum Gasteiger partial charge on any atom is 0.00926 e. The Hall–Kier alpha value is -0.0400. The minimum absolute atomic E-state index is 0.639. The first-order valence-electron chi connectivity index (χ1n) is 6.83. The van der Waals surface area contributed by atoms with Crippen LogP contribution >= 0.6 is 0 Å². The van der Waals surface area contributed by atoms with E-state index < -0.39 is 0 Å².